The van der Waals surface area contributed by atoms with Crippen LogP contribution in [0.4, 0.5) is 5.82 Å². The van der Waals surface area contributed by atoms with E-state index in [-0.39, 0.29) is 0 Å². The molecular formula is C8H12N2S. The second kappa shape index (κ2) is 3.22. The summed E-state index contributed by atoms with van der Waals surface area (Å²) in [6.45, 7) is 2.40. The Hall–Kier alpha value is -0.570. The predicted octanol–water partition coefficient (Wildman–Crippen LogP) is 2.13. The van der Waals surface area contributed by atoms with E-state index in [1.165, 1.54) is 38.2 Å². The molecule has 0 aliphatic carbocycles. The first-order valence-electron chi connectivity index (χ1n) is 4.12. The molecule has 0 radical (unpaired) electrons. The molecule has 0 spiro atoms. The average Bonchev–Trinajstić information content (AvgIpc) is 2.58. The zero-order valence-corrected chi connectivity index (χ0v) is 7.31. The maximum atomic E-state index is 4.31. The molecule has 1 saturated heterocycles. The Morgan fingerprint density at radius 2 is 2.09 bits per heavy atom. The van der Waals surface area contributed by atoms with Crippen LogP contribution in [0.1, 0.15) is 19.3 Å². The van der Waals surface area contributed by atoms with Crippen molar-refractivity contribution in [1.29, 1.82) is 0 Å². The summed E-state index contributed by atoms with van der Waals surface area (Å²) in [7, 11) is 0. The van der Waals surface area contributed by atoms with Gasteiger partial charge in [-0.3, -0.25) is 0 Å². The van der Waals surface area contributed by atoms with Gasteiger partial charge in [0.2, 0.25) is 0 Å². The molecule has 0 saturated carbocycles. The molecule has 0 aromatic carbocycles. The summed E-state index contributed by atoms with van der Waals surface area (Å²) in [6.07, 6.45) is 4.05. The summed E-state index contributed by atoms with van der Waals surface area (Å²) in [5.74, 6) is 1.18. The number of anilines is 1. The van der Waals surface area contributed by atoms with Crippen molar-refractivity contribution >= 4 is 17.4 Å². The van der Waals surface area contributed by atoms with Crippen molar-refractivity contribution < 1.29 is 0 Å². The molecule has 1 aromatic heterocycles. The molecule has 1 aromatic rings. The molecule has 60 valence electrons. The van der Waals surface area contributed by atoms with Crippen molar-refractivity contribution in [2.45, 2.75) is 19.3 Å². The van der Waals surface area contributed by atoms with E-state index in [4.69, 9.17) is 0 Å². The Morgan fingerprint density at radius 1 is 1.27 bits per heavy atom. The quantitative estimate of drug-likeness (QED) is 0.638. The monoisotopic (exact) mass is 168 g/mol. The Bertz CT molecular complexity index is 202. The van der Waals surface area contributed by atoms with Crippen LogP contribution in [0.2, 0.25) is 0 Å². The van der Waals surface area contributed by atoms with Crippen molar-refractivity contribution in [2.24, 2.45) is 0 Å². The lowest BCUT2D eigenvalue weighted by Crippen LogP contribution is -2.29. The molecule has 1 fully saturated rings. The summed E-state index contributed by atoms with van der Waals surface area (Å²) in [6, 6.07) is 2.11. The van der Waals surface area contributed by atoms with Crippen molar-refractivity contribution in [3.63, 3.8) is 0 Å². The first-order valence-corrected chi connectivity index (χ1v) is 4.96. The second-order valence-corrected chi connectivity index (χ2v) is 3.57. The summed E-state index contributed by atoms with van der Waals surface area (Å²) in [5.41, 5.74) is 0. The van der Waals surface area contributed by atoms with Crippen molar-refractivity contribution in [1.82, 2.24) is 4.37 Å². The molecule has 1 aliphatic heterocycles. The van der Waals surface area contributed by atoms with Crippen molar-refractivity contribution in [3.05, 3.63) is 11.4 Å². The molecule has 3 heteroatoms. The smallest absolute Gasteiger partial charge is 0.142 e. The van der Waals surface area contributed by atoms with Crippen LogP contribution in [0.15, 0.2) is 11.4 Å². The van der Waals surface area contributed by atoms with Gasteiger partial charge < -0.3 is 4.90 Å². The van der Waals surface area contributed by atoms with Crippen molar-refractivity contribution in [3.8, 4) is 0 Å². The van der Waals surface area contributed by atoms with E-state index in [1.807, 2.05) is 5.38 Å². The maximum absolute atomic E-state index is 4.31. The van der Waals surface area contributed by atoms with Gasteiger partial charge in [0.15, 0.2) is 0 Å². The molecule has 2 nitrogen and oxygen atoms in total. The van der Waals surface area contributed by atoms with E-state index in [9.17, 15) is 0 Å². The second-order valence-electron chi connectivity index (χ2n) is 2.91. The average molecular weight is 168 g/mol. The molecular weight excluding hydrogens is 156 g/mol. The third-order valence-electron chi connectivity index (χ3n) is 2.10. The lowest BCUT2D eigenvalue weighted by atomic mass is 10.1. The Balaban J connectivity index is 2.04. The first-order chi connectivity index (χ1) is 5.47. The highest BCUT2D eigenvalue weighted by molar-refractivity contribution is 7.03. The summed E-state index contributed by atoms with van der Waals surface area (Å²) < 4.78 is 4.31. The third kappa shape index (κ3) is 1.53. The van der Waals surface area contributed by atoms with Crippen LogP contribution in [0.3, 0.4) is 0 Å². The van der Waals surface area contributed by atoms with Gasteiger partial charge in [-0.1, -0.05) is 0 Å². The highest BCUT2D eigenvalue weighted by Crippen LogP contribution is 2.18. The minimum Gasteiger partial charge on any atom is -0.356 e. The van der Waals surface area contributed by atoms with Gasteiger partial charge >= 0.3 is 0 Å². The summed E-state index contributed by atoms with van der Waals surface area (Å²) >= 11 is 1.54. The van der Waals surface area contributed by atoms with E-state index < -0.39 is 0 Å². The number of aromatic nitrogens is 1. The van der Waals surface area contributed by atoms with Crippen LogP contribution >= 0.6 is 11.5 Å². The molecule has 2 heterocycles. The Morgan fingerprint density at radius 3 is 2.73 bits per heavy atom. The van der Waals surface area contributed by atoms with Crippen LogP contribution < -0.4 is 4.90 Å². The van der Waals surface area contributed by atoms with E-state index in [2.05, 4.69) is 15.3 Å². The molecule has 11 heavy (non-hydrogen) atoms. The normalized spacial score (nSPS) is 18.7. The minimum atomic E-state index is 1.18. The van der Waals surface area contributed by atoms with Crippen LogP contribution in [0, 0.1) is 0 Å². The molecule has 0 atom stereocenters. The van der Waals surface area contributed by atoms with Gasteiger partial charge in [-0.15, -0.1) is 0 Å². The fourth-order valence-corrected chi connectivity index (χ4v) is 2.02. The van der Waals surface area contributed by atoms with Gasteiger partial charge in [0.25, 0.3) is 0 Å². The summed E-state index contributed by atoms with van der Waals surface area (Å²) in [4.78, 5) is 2.38. The number of hydrogen-bond acceptors (Lipinski definition) is 3. The van der Waals surface area contributed by atoms with E-state index in [1.54, 1.807) is 11.5 Å². The highest BCUT2D eigenvalue weighted by atomic mass is 32.1. The molecule has 0 bridgehead atoms. The molecule has 1 aliphatic rings. The van der Waals surface area contributed by atoms with E-state index in [0.717, 1.165) is 0 Å². The van der Waals surface area contributed by atoms with E-state index >= 15 is 0 Å². The van der Waals surface area contributed by atoms with Gasteiger partial charge in [-0.05, 0) is 36.9 Å². The van der Waals surface area contributed by atoms with E-state index in [0.29, 0.717) is 0 Å². The zero-order chi connectivity index (χ0) is 7.52. The Labute approximate surface area is 71.0 Å². The number of nitrogens with zero attached hydrogens (tertiary/aromatic N) is 2. The Kier molecular flexibility index (Phi) is 2.08. The van der Waals surface area contributed by atoms with Gasteiger partial charge in [-0.25, -0.2) is 0 Å². The van der Waals surface area contributed by atoms with Crippen LogP contribution in [0.5, 0.6) is 0 Å². The lowest BCUT2D eigenvalue weighted by molar-refractivity contribution is 0.575. The largest absolute Gasteiger partial charge is 0.356 e. The topological polar surface area (TPSA) is 16.1 Å². The number of hydrogen-bond donors (Lipinski definition) is 0. The molecule has 0 unspecified atom stereocenters. The zero-order valence-electron chi connectivity index (χ0n) is 6.49. The summed E-state index contributed by atoms with van der Waals surface area (Å²) in [5, 5.41) is 2.05. The van der Waals surface area contributed by atoms with Crippen LogP contribution in [-0.4, -0.2) is 17.5 Å². The first kappa shape index (κ1) is 7.10. The van der Waals surface area contributed by atoms with Gasteiger partial charge in [0.1, 0.15) is 5.82 Å². The maximum Gasteiger partial charge on any atom is 0.142 e. The minimum absolute atomic E-state index is 1.18. The highest BCUT2D eigenvalue weighted by Gasteiger charge is 2.11. The van der Waals surface area contributed by atoms with Crippen LogP contribution in [-0.2, 0) is 0 Å². The fraction of sp³-hybridized carbons (Fsp3) is 0.625. The number of rotatable bonds is 1. The molecule has 2 rings (SSSR count). The predicted molar refractivity (Wildman–Crippen MR) is 48.2 cm³/mol. The number of piperidine rings is 1. The lowest BCUT2D eigenvalue weighted by Gasteiger charge is -2.26. The van der Waals surface area contributed by atoms with Gasteiger partial charge in [-0.2, -0.15) is 4.37 Å². The third-order valence-corrected chi connectivity index (χ3v) is 2.65. The molecule has 0 N–H and O–H groups in total. The van der Waals surface area contributed by atoms with Gasteiger partial charge in [0, 0.05) is 18.5 Å². The van der Waals surface area contributed by atoms with Gasteiger partial charge in [0.05, 0.1) is 0 Å². The van der Waals surface area contributed by atoms with Crippen LogP contribution in [0.25, 0.3) is 0 Å². The molecule has 0 amide bonds. The standard InChI is InChI=1S/C8H12N2S/c1-2-5-10(6-3-1)8-4-7-11-9-8/h4,7H,1-3,5-6H2. The fourth-order valence-electron chi connectivity index (χ4n) is 1.49. The SMILES string of the molecule is c1cc(N2CCCCC2)ns1. The van der Waals surface area contributed by atoms with Crippen molar-refractivity contribution in [2.75, 3.05) is 18.0 Å².